The Morgan fingerprint density at radius 2 is 0.457 bits per heavy atom. The molecule has 1 radical (unpaired) electrons. The van der Waals surface area contributed by atoms with Gasteiger partial charge in [0.25, 0.3) is 0 Å². The summed E-state index contributed by atoms with van der Waals surface area (Å²) in [7, 11) is 0.0443. The Bertz CT molecular complexity index is 549. The van der Waals surface area contributed by atoms with E-state index in [1.807, 2.05) is 0 Å². The molecule has 0 unspecified atom stereocenters. The fourth-order valence-electron chi connectivity index (χ4n) is 11.4. The second kappa shape index (κ2) is 25.5. The van der Waals surface area contributed by atoms with Crippen molar-refractivity contribution < 1.29 is 16.5 Å². The zero-order valence-electron chi connectivity index (χ0n) is 31.6. The van der Waals surface area contributed by atoms with Gasteiger partial charge in [-0.25, -0.2) is 0 Å². The van der Waals surface area contributed by atoms with Gasteiger partial charge in [-0.1, -0.05) is 77.4 Å². The maximum absolute atomic E-state index is 2.31. The molecule has 0 aliphatic heterocycles. The molecule has 0 aromatic rings. The van der Waals surface area contributed by atoms with Gasteiger partial charge in [0.15, 0.2) is 0 Å². The maximum atomic E-state index is 2.31. The first-order valence-electron chi connectivity index (χ1n) is 21.8. The van der Waals surface area contributed by atoms with Crippen LogP contribution in [0.1, 0.15) is 213 Å². The molecule has 0 N–H and O–H groups in total. The van der Waals surface area contributed by atoms with Gasteiger partial charge in [-0.2, -0.15) is 0 Å². The Hall–Kier alpha value is 1.57. The Labute approximate surface area is 305 Å². The molecule has 46 heavy (non-hydrogen) atoms. The summed E-state index contributed by atoms with van der Waals surface area (Å²) in [5, 5.41) is 0. The molecule has 4 heteroatoms. The Balaban J connectivity index is 0.000000205. The van der Waals surface area contributed by atoms with Crippen LogP contribution < -0.4 is 0 Å². The molecule has 274 valence electrons. The van der Waals surface area contributed by atoms with Crippen molar-refractivity contribution in [1.82, 2.24) is 0 Å². The van der Waals surface area contributed by atoms with Crippen LogP contribution in [0.25, 0.3) is 0 Å². The first-order valence-corrected chi connectivity index (χ1v) is 27.4. The second-order valence-corrected chi connectivity index (χ2v) is 27.3. The average Bonchev–Trinajstić information content (AvgIpc) is 3.13. The standard InChI is InChI=1S/2C18H33P.C6H15Si.Ni.H/c2*1-4-10-16(11-5-1)19(17-12-6-2-7-13-17)18-14-8-3-9-15-18;1-4-7(5-2)6-3;;/h2*16-18H,1-15H2;4-6H2,1-3H3;;/p+2. The van der Waals surface area contributed by atoms with E-state index in [2.05, 4.69) is 20.8 Å². The Morgan fingerprint density at radius 3 is 0.565 bits per heavy atom. The van der Waals surface area contributed by atoms with Gasteiger partial charge in [-0.15, -0.1) is 0 Å². The molecule has 0 bridgehead atoms. The third-order valence-corrected chi connectivity index (χ3v) is 26.1. The Morgan fingerprint density at radius 1 is 0.304 bits per heavy atom. The van der Waals surface area contributed by atoms with E-state index in [4.69, 9.17) is 0 Å². The van der Waals surface area contributed by atoms with E-state index >= 15 is 0 Å². The molecule has 0 aromatic carbocycles. The van der Waals surface area contributed by atoms with Gasteiger partial charge in [-0.05, 0) is 154 Å². The monoisotopic (exact) mass is 737 g/mol. The zero-order chi connectivity index (χ0) is 31.5. The molecule has 6 fully saturated rings. The van der Waals surface area contributed by atoms with Crippen molar-refractivity contribution >= 4 is 24.6 Å². The molecular weight excluding hydrogens is 653 g/mol. The summed E-state index contributed by atoms with van der Waals surface area (Å²) in [5.74, 6) is 0. The molecule has 0 spiro atoms. The van der Waals surface area contributed by atoms with Crippen molar-refractivity contribution in [1.29, 1.82) is 0 Å². The minimum atomic E-state index is -0.0465. The predicted molar refractivity (Wildman–Crippen MR) is 216 cm³/mol. The quantitative estimate of drug-likeness (QED) is 0.163. The van der Waals surface area contributed by atoms with Crippen LogP contribution in [0.5, 0.6) is 0 Å². The molecule has 0 heterocycles. The normalized spacial score (nSPS) is 25.4. The number of hydrogen-bond acceptors (Lipinski definition) is 0. The van der Waals surface area contributed by atoms with Crippen LogP contribution >= 0.6 is 15.8 Å². The number of rotatable bonds is 9. The van der Waals surface area contributed by atoms with Crippen LogP contribution in [0.3, 0.4) is 0 Å². The summed E-state index contributed by atoms with van der Waals surface area (Å²) in [5.41, 5.74) is 7.36. The van der Waals surface area contributed by atoms with Crippen LogP contribution in [0, 0.1) is 0 Å². The summed E-state index contributed by atoms with van der Waals surface area (Å²) < 4.78 is 0. The fourth-order valence-corrected chi connectivity index (χ4v) is 23.3. The third kappa shape index (κ3) is 14.3. The first-order chi connectivity index (χ1) is 22.2. The fraction of sp³-hybridized carbons (Fsp3) is 1.00. The predicted octanol–water partition coefficient (Wildman–Crippen LogP) is 14.7. The summed E-state index contributed by atoms with van der Waals surface area (Å²) in [6.07, 6.45) is 47.6. The van der Waals surface area contributed by atoms with Crippen LogP contribution in [-0.2, 0) is 16.5 Å². The van der Waals surface area contributed by atoms with E-state index in [0.29, 0.717) is 0 Å². The van der Waals surface area contributed by atoms with Crippen LogP contribution in [0.2, 0.25) is 18.1 Å². The van der Waals surface area contributed by atoms with Gasteiger partial charge in [0.05, 0.1) is 34.0 Å². The van der Waals surface area contributed by atoms with Crippen molar-refractivity contribution in [2.24, 2.45) is 0 Å². The van der Waals surface area contributed by atoms with E-state index in [1.165, 1.54) is 52.1 Å². The van der Waals surface area contributed by atoms with Crippen molar-refractivity contribution in [3.05, 3.63) is 0 Å². The molecule has 0 atom stereocenters. The van der Waals surface area contributed by atoms with Gasteiger partial charge in [-0.3, -0.25) is 0 Å². The van der Waals surface area contributed by atoms with Crippen molar-refractivity contribution in [2.45, 2.75) is 265 Å². The summed E-state index contributed by atoms with van der Waals surface area (Å²) in [6, 6.07) is 4.37. The van der Waals surface area contributed by atoms with Crippen LogP contribution in [-0.4, -0.2) is 42.8 Å². The molecule has 0 saturated heterocycles. The van der Waals surface area contributed by atoms with E-state index in [9.17, 15) is 0 Å². The van der Waals surface area contributed by atoms with Crippen molar-refractivity contribution in [2.75, 3.05) is 0 Å². The van der Waals surface area contributed by atoms with E-state index < -0.39 is 0 Å². The molecule has 0 aromatic heterocycles. The summed E-state index contributed by atoms with van der Waals surface area (Å²) in [6.45, 7) is 6.92. The van der Waals surface area contributed by atoms with Crippen molar-refractivity contribution in [3.63, 3.8) is 0 Å². The van der Waals surface area contributed by atoms with Crippen LogP contribution in [0.15, 0.2) is 0 Å². The van der Waals surface area contributed by atoms with Crippen molar-refractivity contribution in [3.8, 4) is 0 Å². The first kappa shape index (κ1) is 42.0. The Kier molecular flexibility index (Phi) is 23.3. The zero-order valence-corrected chi connectivity index (χ0v) is 35.7. The van der Waals surface area contributed by atoms with Gasteiger partial charge in [0, 0.05) is 24.6 Å². The molecular formula is C42H84NiP2Si+2. The molecule has 6 rings (SSSR count). The van der Waals surface area contributed by atoms with E-state index in [1.54, 1.807) is 193 Å². The topological polar surface area (TPSA) is 0 Å². The van der Waals surface area contributed by atoms with Gasteiger partial charge >= 0.3 is 16.5 Å². The molecule has 0 amide bonds. The van der Waals surface area contributed by atoms with Gasteiger partial charge in [0.2, 0.25) is 0 Å². The van der Waals surface area contributed by atoms with E-state index in [0.717, 1.165) is 0 Å². The number of hydrogen-bond donors (Lipinski definition) is 0. The minimum absolute atomic E-state index is 0. The van der Waals surface area contributed by atoms with E-state index in [-0.39, 0.29) is 41.1 Å². The third-order valence-electron chi connectivity index (χ3n) is 14.0. The molecule has 6 aliphatic carbocycles. The molecule has 0 nitrogen and oxygen atoms in total. The van der Waals surface area contributed by atoms with Gasteiger partial charge in [0.1, 0.15) is 0 Å². The second-order valence-electron chi connectivity index (χ2n) is 16.8. The molecule has 6 aliphatic rings. The summed E-state index contributed by atoms with van der Waals surface area (Å²) >= 11 is 0. The molecule has 6 saturated carbocycles. The SMILES string of the molecule is C1CCC([PH+](C2CCCCC2)C2CCCCC2)CC1.C1CCC([PH+](C2CCCCC2)C2CCCCC2)CC1.CC[Si](CC)CC.[NiH]. The van der Waals surface area contributed by atoms with Crippen LogP contribution in [0.4, 0.5) is 0 Å². The average molecular weight is 738 g/mol. The van der Waals surface area contributed by atoms with Gasteiger partial charge < -0.3 is 0 Å². The summed E-state index contributed by atoms with van der Waals surface area (Å²) in [4.78, 5) is 0.